The summed E-state index contributed by atoms with van der Waals surface area (Å²) < 4.78 is 42.3. The number of halogens is 3. The lowest BCUT2D eigenvalue weighted by Crippen LogP contribution is -2.24. The first-order valence-electron chi connectivity index (χ1n) is 6.90. The van der Waals surface area contributed by atoms with Crippen LogP contribution in [-0.4, -0.2) is 26.2 Å². The van der Waals surface area contributed by atoms with Crippen molar-refractivity contribution in [2.24, 2.45) is 0 Å². The van der Waals surface area contributed by atoms with Gasteiger partial charge in [0.05, 0.1) is 0 Å². The third kappa shape index (κ3) is 5.92. The van der Waals surface area contributed by atoms with E-state index in [0.717, 1.165) is 24.1 Å². The van der Waals surface area contributed by atoms with Gasteiger partial charge in [0.2, 0.25) is 0 Å². The Bertz CT molecular complexity index is 399. The van der Waals surface area contributed by atoms with Gasteiger partial charge in [0.15, 0.2) is 0 Å². The molecule has 2 nitrogen and oxygen atoms in total. The van der Waals surface area contributed by atoms with E-state index in [4.69, 9.17) is 4.74 Å². The number of rotatable bonds is 9. The van der Waals surface area contributed by atoms with Gasteiger partial charge in [0.1, 0.15) is 12.4 Å². The van der Waals surface area contributed by atoms with E-state index < -0.39 is 13.0 Å². The van der Waals surface area contributed by atoms with Gasteiger partial charge in [-0.15, -0.1) is 0 Å². The van der Waals surface area contributed by atoms with Crippen molar-refractivity contribution in [2.75, 3.05) is 19.8 Å². The van der Waals surface area contributed by atoms with Crippen molar-refractivity contribution in [1.82, 2.24) is 5.32 Å². The zero-order valence-corrected chi connectivity index (χ0v) is 12.0. The van der Waals surface area contributed by atoms with E-state index >= 15 is 0 Å². The van der Waals surface area contributed by atoms with Crippen LogP contribution in [0.1, 0.15) is 36.9 Å². The minimum atomic E-state index is -2.45. The second-order valence-corrected chi connectivity index (χ2v) is 4.76. The first kappa shape index (κ1) is 17.0. The van der Waals surface area contributed by atoms with E-state index in [-0.39, 0.29) is 18.5 Å². The van der Waals surface area contributed by atoms with Crippen LogP contribution < -0.4 is 5.32 Å². The fraction of sp³-hybridized carbons (Fsp3) is 0.600. The number of hydrogen-bond donors (Lipinski definition) is 1. The quantitative estimate of drug-likeness (QED) is 0.697. The predicted molar refractivity (Wildman–Crippen MR) is 73.6 cm³/mol. The second-order valence-electron chi connectivity index (χ2n) is 4.76. The van der Waals surface area contributed by atoms with Gasteiger partial charge < -0.3 is 10.1 Å². The van der Waals surface area contributed by atoms with Crippen LogP contribution in [0.3, 0.4) is 0 Å². The highest BCUT2D eigenvalue weighted by Crippen LogP contribution is 2.22. The number of nitrogens with one attached hydrogen (secondary N) is 1. The van der Waals surface area contributed by atoms with Crippen LogP contribution in [0.25, 0.3) is 0 Å². The lowest BCUT2D eigenvalue weighted by molar-refractivity contribution is 0.0143. The maximum absolute atomic E-state index is 13.4. The molecule has 1 aromatic carbocycles. The predicted octanol–water partition coefficient (Wildman–Crippen LogP) is 3.85. The third-order valence-electron chi connectivity index (χ3n) is 3.05. The van der Waals surface area contributed by atoms with Gasteiger partial charge in [-0.2, -0.15) is 0 Å². The number of alkyl halides is 2. The highest BCUT2D eigenvalue weighted by Gasteiger charge is 2.14. The van der Waals surface area contributed by atoms with Gasteiger partial charge in [0, 0.05) is 12.6 Å². The molecule has 0 heterocycles. The summed E-state index contributed by atoms with van der Waals surface area (Å²) in [7, 11) is 0. The summed E-state index contributed by atoms with van der Waals surface area (Å²) in [5, 5.41) is 3.31. The molecule has 20 heavy (non-hydrogen) atoms. The van der Waals surface area contributed by atoms with E-state index in [9.17, 15) is 13.2 Å². The maximum Gasteiger partial charge on any atom is 0.261 e. The van der Waals surface area contributed by atoms with E-state index in [0.29, 0.717) is 6.42 Å². The highest BCUT2D eigenvalue weighted by molar-refractivity contribution is 5.29. The number of aryl methyl sites for hydroxylation is 1. The topological polar surface area (TPSA) is 21.3 Å². The molecule has 1 N–H and O–H groups in total. The second kappa shape index (κ2) is 8.97. The van der Waals surface area contributed by atoms with Crippen molar-refractivity contribution in [1.29, 1.82) is 0 Å². The van der Waals surface area contributed by atoms with E-state index in [1.165, 1.54) is 12.1 Å². The summed E-state index contributed by atoms with van der Waals surface area (Å²) in [5.74, 6) is -0.289. The van der Waals surface area contributed by atoms with Crippen molar-refractivity contribution in [3.05, 3.63) is 35.1 Å². The Labute approximate surface area is 118 Å². The molecule has 0 aliphatic rings. The summed E-state index contributed by atoms with van der Waals surface area (Å²) >= 11 is 0. The van der Waals surface area contributed by atoms with Gasteiger partial charge in [-0.1, -0.05) is 13.0 Å². The van der Waals surface area contributed by atoms with Gasteiger partial charge in [-0.25, -0.2) is 13.2 Å². The van der Waals surface area contributed by atoms with Crippen LogP contribution >= 0.6 is 0 Å². The number of ether oxygens (including phenoxy) is 1. The standard InChI is InChI=1S/C15H22F3NO/c1-3-7-19-14(6-8-20-10-15(17)18)13-9-12(16)5-4-11(13)2/h4-5,9,14-15,19H,3,6-8,10H2,1-2H3. The Morgan fingerprint density at radius 1 is 1.30 bits per heavy atom. The fourth-order valence-electron chi connectivity index (χ4n) is 2.05. The summed E-state index contributed by atoms with van der Waals surface area (Å²) in [6.45, 7) is 4.41. The van der Waals surface area contributed by atoms with Crippen molar-refractivity contribution < 1.29 is 17.9 Å². The van der Waals surface area contributed by atoms with Gasteiger partial charge in [0.25, 0.3) is 6.43 Å². The summed E-state index contributed by atoms with van der Waals surface area (Å²) in [4.78, 5) is 0. The highest BCUT2D eigenvalue weighted by atomic mass is 19.3. The van der Waals surface area contributed by atoms with Crippen LogP contribution in [0.15, 0.2) is 18.2 Å². The van der Waals surface area contributed by atoms with Crippen LogP contribution in [0.5, 0.6) is 0 Å². The number of hydrogen-bond acceptors (Lipinski definition) is 2. The Morgan fingerprint density at radius 2 is 2.05 bits per heavy atom. The Morgan fingerprint density at radius 3 is 2.70 bits per heavy atom. The summed E-state index contributed by atoms with van der Waals surface area (Å²) in [5.41, 5.74) is 1.84. The van der Waals surface area contributed by atoms with Crippen LogP contribution in [0, 0.1) is 12.7 Å². The van der Waals surface area contributed by atoms with Crippen LogP contribution in [0.2, 0.25) is 0 Å². The third-order valence-corrected chi connectivity index (χ3v) is 3.05. The molecule has 0 radical (unpaired) electrons. The smallest absolute Gasteiger partial charge is 0.261 e. The molecule has 1 rings (SSSR count). The van der Waals surface area contributed by atoms with Gasteiger partial charge in [-0.3, -0.25) is 0 Å². The molecule has 5 heteroatoms. The molecule has 0 bridgehead atoms. The van der Waals surface area contributed by atoms with Gasteiger partial charge >= 0.3 is 0 Å². The van der Waals surface area contributed by atoms with Crippen molar-refractivity contribution in [2.45, 2.75) is 39.2 Å². The van der Waals surface area contributed by atoms with Crippen molar-refractivity contribution in [3.63, 3.8) is 0 Å². The average Bonchev–Trinajstić information content (AvgIpc) is 2.41. The van der Waals surface area contributed by atoms with Crippen LogP contribution in [0.4, 0.5) is 13.2 Å². The monoisotopic (exact) mass is 289 g/mol. The normalized spacial score (nSPS) is 12.9. The molecule has 0 fully saturated rings. The Kier molecular flexibility index (Phi) is 7.62. The Hall–Kier alpha value is -1.07. The fourth-order valence-corrected chi connectivity index (χ4v) is 2.05. The molecule has 1 aromatic rings. The summed E-state index contributed by atoms with van der Waals surface area (Å²) in [6, 6.07) is 4.56. The SMILES string of the molecule is CCCNC(CCOCC(F)F)c1cc(F)ccc1C. The largest absolute Gasteiger partial charge is 0.375 e. The molecule has 0 aliphatic heterocycles. The van der Waals surface area contributed by atoms with E-state index in [1.807, 2.05) is 13.8 Å². The molecule has 0 saturated carbocycles. The molecule has 1 unspecified atom stereocenters. The molecule has 0 amide bonds. The van der Waals surface area contributed by atoms with Gasteiger partial charge in [-0.05, 0) is 49.6 Å². The van der Waals surface area contributed by atoms with E-state index in [1.54, 1.807) is 6.07 Å². The van der Waals surface area contributed by atoms with E-state index in [2.05, 4.69) is 5.32 Å². The number of benzene rings is 1. The van der Waals surface area contributed by atoms with Crippen molar-refractivity contribution >= 4 is 0 Å². The van der Waals surface area contributed by atoms with Crippen LogP contribution in [-0.2, 0) is 4.74 Å². The average molecular weight is 289 g/mol. The molecular weight excluding hydrogens is 267 g/mol. The molecular formula is C15H22F3NO. The maximum atomic E-state index is 13.4. The first-order chi connectivity index (χ1) is 9.54. The first-order valence-corrected chi connectivity index (χ1v) is 6.90. The zero-order chi connectivity index (χ0) is 15.0. The molecule has 0 saturated heterocycles. The van der Waals surface area contributed by atoms with Crippen molar-refractivity contribution in [3.8, 4) is 0 Å². The summed E-state index contributed by atoms with van der Waals surface area (Å²) in [6.07, 6.45) is -0.965. The minimum absolute atomic E-state index is 0.0803. The molecule has 114 valence electrons. The molecule has 0 spiro atoms. The molecule has 1 atom stereocenters. The zero-order valence-electron chi connectivity index (χ0n) is 12.0. The lowest BCUT2D eigenvalue weighted by atomic mass is 9.98. The molecule has 0 aromatic heterocycles. The molecule has 0 aliphatic carbocycles. The lowest BCUT2D eigenvalue weighted by Gasteiger charge is -2.21. The Balaban J connectivity index is 2.65. The minimum Gasteiger partial charge on any atom is -0.375 e.